The van der Waals surface area contributed by atoms with E-state index in [1.165, 1.54) is 0 Å². The molecule has 3 rings (SSSR count). The van der Waals surface area contributed by atoms with Crippen molar-refractivity contribution in [2.75, 3.05) is 19.7 Å². The fourth-order valence-electron chi connectivity index (χ4n) is 2.95. The van der Waals surface area contributed by atoms with Crippen molar-refractivity contribution in [1.29, 1.82) is 0 Å². The molecule has 2 aromatic rings. The van der Waals surface area contributed by atoms with E-state index in [0.717, 1.165) is 37.3 Å². The van der Waals surface area contributed by atoms with Gasteiger partial charge in [-0.05, 0) is 38.8 Å². The van der Waals surface area contributed by atoms with E-state index in [0.29, 0.717) is 24.0 Å². The Labute approximate surface area is 135 Å². The Kier molecular flexibility index (Phi) is 4.60. The monoisotopic (exact) mass is 314 g/mol. The lowest BCUT2D eigenvalue weighted by Crippen LogP contribution is -2.38. The minimum Gasteiger partial charge on any atom is -0.478 e. The number of hydrogen-bond acceptors (Lipinski definition) is 4. The molecule has 0 radical (unpaired) electrons. The van der Waals surface area contributed by atoms with Crippen molar-refractivity contribution in [3.8, 4) is 5.88 Å². The lowest BCUT2D eigenvalue weighted by molar-refractivity contribution is 0.0711. The van der Waals surface area contributed by atoms with Gasteiger partial charge in [0.05, 0.1) is 17.9 Å². The molecule has 122 valence electrons. The number of piperidine rings is 1. The number of ether oxygens (including phenoxy) is 1. The normalized spacial score (nSPS) is 15.7. The predicted molar refractivity (Wildman–Crippen MR) is 86.6 cm³/mol. The van der Waals surface area contributed by atoms with Gasteiger partial charge in [0, 0.05) is 37.0 Å². The third-order valence-corrected chi connectivity index (χ3v) is 4.20. The summed E-state index contributed by atoms with van der Waals surface area (Å²) in [5.74, 6) is 1.02. The van der Waals surface area contributed by atoms with Crippen molar-refractivity contribution in [3.05, 3.63) is 41.3 Å². The van der Waals surface area contributed by atoms with Gasteiger partial charge in [0.15, 0.2) is 0 Å². The topological polar surface area (TPSA) is 71.1 Å². The van der Waals surface area contributed by atoms with Gasteiger partial charge in [-0.3, -0.25) is 9.89 Å². The number of carbonyl (C=O) groups is 1. The van der Waals surface area contributed by atoms with E-state index in [4.69, 9.17) is 4.74 Å². The van der Waals surface area contributed by atoms with Crippen LogP contribution in [0.1, 0.15) is 47.4 Å². The molecule has 0 bridgehead atoms. The van der Waals surface area contributed by atoms with Crippen molar-refractivity contribution in [1.82, 2.24) is 20.1 Å². The fraction of sp³-hybridized carbons (Fsp3) is 0.471. The smallest absolute Gasteiger partial charge is 0.255 e. The SMILES string of the molecule is CCOc1ccc(C(=O)N2CCC(c3cc(C)[nH]n3)CC2)cn1. The number of likely N-dealkylation sites (tertiary alicyclic amines) is 1. The first kappa shape index (κ1) is 15.5. The Bertz CT molecular complexity index is 657. The van der Waals surface area contributed by atoms with Crippen molar-refractivity contribution in [2.24, 2.45) is 0 Å². The number of pyridine rings is 1. The van der Waals surface area contributed by atoms with Gasteiger partial charge >= 0.3 is 0 Å². The molecule has 0 saturated carbocycles. The number of hydrogen-bond donors (Lipinski definition) is 1. The maximum absolute atomic E-state index is 12.5. The zero-order chi connectivity index (χ0) is 16.2. The summed E-state index contributed by atoms with van der Waals surface area (Å²) in [5.41, 5.74) is 2.80. The van der Waals surface area contributed by atoms with Gasteiger partial charge in [0.2, 0.25) is 5.88 Å². The molecule has 0 aromatic carbocycles. The Morgan fingerprint density at radius 1 is 1.39 bits per heavy atom. The van der Waals surface area contributed by atoms with E-state index >= 15 is 0 Å². The van der Waals surface area contributed by atoms with Crippen molar-refractivity contribution >= 4 is 5.91 Å². The molecule has 1 N–H and O–H groups in total. The quantitative estimate of drug-likeness (QED) is 0.941. The first-order valence-corrected chi connectivity index (χ1v) is 8.07. The summed E-state index contributed by atoms with van der Waals surface area (Å²) in [4.78, 5) is 18.6. The van der Waals surface area contributed by atoms with Crippen LogP contribution in [0.5, 0.6) is 5.88 Å². The largest absolute Gasteiger partial charge is 0.478 e. The maximum Gasteiger partial charge on any atom is 0.255 e. The summed E-state index contributed by atoms with van der Waals surface area (Å²) in [6, 6.07) is 5.62. The predicted octanol–water partition coefficient (Wildman–Crippen LogP) is 2.53. The van der Waals surface area contributed by atoms with Crippen molar-refractivity contribution in [2.45, 2.75) is 32.6 Å². The molecule has 1 saturated heterocycles. The minimum absolute atomic E-state index is 0.0391. The van der Waals surface area contributed by atoms with Crippen LogP contribution in [-0.4, -0.2) is 45.7 Å². The fourth-order valence-corrected chi connectivity index (χ4v) is 2.95. The van der Waals surface area contributed by atoms with E-state index in [-0.39, 0.29) is 5.91 Å². The lowest BCUT2D eigenvalue weighted by atomic mass is 9.93. The highest BCUT2D eigenvalue weighted by molar-refractivity contribution is 5.94. The first-order valence-electron chi connectivity index (χ1n) is 8.07. The summed E-state index contributed by atoms with van der Waals surface area (Å²) in [7, 11) is 0. The molecule has 1 fully saturated rings. The molecule has 1 amide bonds. The molecule has 0 unspecified atom stereocenters. The zero-order valence-electron chi connectivity index (χ0n) is 13.6. The Balaban J connectivity index is 1.59. The third kappa shape index (κ3) is 3.52. The van der Waals surface area contributed by atoms with Crippen LogP contribution >= 0.6 is 0 Å². The van der Waals surface area contributed by atoms with E-state index in [1.807, 2.05) is 18.7 Å². The van der Waals surface area contributed by atoms with Crippen LogP contribution in [0, 0.1) is 6.92 Å². The number of aromatic nitrogens is 3. The van der Waals surface area contributed by atoms with Gasteiger partial charge in [-0.25, -0.2) is 4.98 Å². The molecule has 6 nitrogen and oxygen atoms in total. The molecular formula is C17H22N4O2. The summed E-state index contributed by atoms with van der Waals surface area (Å²) in [5, 5.41) is 7.33. The molecular weight excluding hydrogens is 292 g/mol. The maximum atomic E-state index is 12.5. The third-order valence-electron chi connectivity index (χ3n) is 4.20. The average Bonchev–Trinajstić information content (AvgIpc) is 3.02. The average molecular weight is 314 g/mol. The van der Waals surface area contributed by atoms with Crippen LogP contribution in [-0.2, 0) is 0 Å². The molecule has 2 aromatic heterocycles. The lowest BCUT2D eigenvalue weighted by Gasteiger charge is -2.31. The zero-order valence-corrected chi connectivity index (χ0v) is 13.6. The summed E-state index contributed by atoms with van der Waals surface area (Å²) < 4.78 is 5.31. The van der Waals surface area contributed by atoms with Gasteiger partial charge in [0.1, 0.15) is 0 Å². The second-order valence-electron chi connectivity index (χ2n) is 5.86. The van der Waals surface area contributed by atoms with Crippen molar-refractivity contribution < 1.29 is 9.53 Å². The summed E-state index contributed by atoms with van der Waals surface area (Å²) >= 11 is 0. The number of nitrogens with one attached hydrogen (secondary N) is 1. The van der Waals surface area contributed by atoms with Gasteiger partial charge in [0.25, 0.3) is 5.91 Å². The van der Waals surface area contributed by atoms with Crippen LogP contribution in [0.25, 0.3) is 0 Å². The Hall–Kier alpha value is -2.37. The number of aromatic amines is 1. The number of amides is 1. The van der Waals surface area contributed by atoms with E-state index in [1.54, 1.807) is 18.3 Å². The minimum atomic E-state index is 0.0391. The van der Waals surface area contributed by atoms with Crippen LogP contribution in [0.15, 0.2) is 24.4 Å². The van der Waals surface area contributed by atoms with Gasteiger partial charge in [-0.15, -0.1) is 0 Å². The summed E-state index contributed by atoms with van der Waals surface area (Å²) in [6.45, 7) is 5.99. The highest BCUT2D eigenvalue weighted by atomic mass is 16.5. The van der Waals surface area contributed by atoms with Gasteiger partial charge < -0.3 is 9.64 Å². The molecule has 1 aliphatic heterocycles. The number of rotatable bonds is 4. The standard InChI is InChI=1S/C17H22N4O2/c1-3-23-16-5-4-14(11-18-16)17(22)21-8-6-13(7-9-21)15-10-12(2)19-20-15/h4-5,10-11,13H,3,6-9H2,1-2H3,(H,19,20). The second kappa shape index (κ2) is 6.81. The van der Waals surface area contributed by atoms with E-state index in [2.05, 4.69) is 21.2 Å². The van der Waals surface area contributed by atoms with Crippen LogP contribution in [0.2, 0.25) is 0 Å². The number of H-pyrrole nitrogens is 1. The van der Waals surface area contributed by atoms with E-state index < -0.39 is 0 Å². The van der Waals surface area contributed by atoms with Crippen LogP contribution in [0.4, 0.5) is 0 Å². The van der Waals surface area contributed by atoms with Gasteiger partial charge in [-0.2, -0.15) is 5.10 Å². The van der Waals surface area contributed by atoms with Crippen LogP contribution < -0.4 is 4.74 Å². The molecule has 6 heteroatoms. The number of nitrogens with zero attached hydrogens (tertiary/aromatic N) is 3. The van der Waals surface area contributed by atoms with Crippen LogP contribution in [0.3, 0.4) is 0 Å². The van der Waals surface area contributed by atoms with Gasteiger partial charge in [-0.1, -0.05) is 0 Å². The number of carbonyl (C=O) groups excluding carboxylic acids is 1. The molecule has 23 heavy (non-hydrogen) atoms. The molecule has 0 spiro atoms. The Morgan fingerprint density at radius 2 is 2.17 bits per heavy atom. The Morgan fingerprint density at radius 3 is 2.74 bits per heavy atom. The van der Waals surface area contributed by atoms with E-state index in [9.17, 15) is 4.79 Å². The molecule has 1 aliphatic rings. The summed E-state index contributed by atoms with van der Waals surface area (Å²) in [6.07, 6.45) is 3.48. The number of aryl methyl sites for hydroxylation is 1. The molecule has 0 aliphatic carbocycles. The first-order chi connectivity index (χ1) is 11.2. The second-order valence-corrected chi connectivity index (χ2v) is 5.86. The highest BCUT2D eigenvalue weighted by Gasteiger charge is 2.26. The molecule has 0 atom stereocenters. The van der Waals surface area contributed by atoms with Crippen molar-refractivity contribution in [3.63, 3.8) is 0 Å². The highest BCUT2D eigenvalue weighted by Crippen LogP contribution is 2.27. The molecule has 3 heterocycles.